The molecule has 0 heterocycles. The maximum absolute atomic E-state index is 12.7. The van der Waals surface area contributed by atoms with Crippen LogP contribution in [0.25, 0.3) is 0 Å². The van der Waals surface area contributed by atoms with Crippen molar-refractivity contribution in [3.05, 3.63) is 94.1 Å². The number of anilines is 1. The topological polar surface area (TPSA) is 122 Å². The molecule has 0 aliphatic rings. The summed E-state index contributed by atoms with van der Waals surface area (Å²) >= 11 is 0. The Labute approximate surface area is 271 Å². The van der Waals surface area contributed by atoms with Gasteiger partial charge >= 0.3 is 11.9 Å². The second-order valence-electron chi connectivity index (χ2n) is 10.3. The van der Waals surface area contributed by atoms with E-state index < -0.39 is 78.4 Å². The van der Waals surface area contributed by atoms with Crippen molar-refractivity contribution in [1.82, 2.24) is 0 Å². The third-order valence-electron chi connectivity index (χ3n) is 7.21. The van der Waals surface area contributed by atoms with E-state index in [2.05, 4.69) is 0 Å². The van der Waals surface area contributed by atoms with Gasteiger partial charge in [0.25, 0.3) is 17.8 Å². The molecule has 0 radical (unpaired) electrons. The van der Waals surface area contributed by atoms with E-state index in [1.807, 2.05) is 0 Å². The summed E-state index contributed by atoms with van der Waals surface area (Å²) in [5.74, 6) is -1.73. The van der Waals surface area contributed by atoms with Gasteiger partial charge in [-0.15, -0.1) is 0 Å². The van der Waals surface area contributed by atoms with Crippen LogP contribution in [0.15, 0.2) is 72.8 Å². The van der Waals surface area contributed by atoms with Crippen LogP contribution in [-0.2, 0) is 29.9 Å². The second-order valence-corrected chi connectivity index (χ2v) is 10.3. The van der Waals surface area contributed by atoms with Gasteiger partial charge in [0.2, 0.25) is 12.9 Å². The smallest absolute Gasteiger partial charge is 0.317 e. The Kier molecular flexibility index (Phi) is 17.3. The standard InChI is InChI=1S/C16H15F4NO4.C16H21F4NO2/c1-2-25-15(22)16(9-7-13(17)18,10-8-14(19)20)11-3-5-12(6-4-11)21(23)24;1-2-23-15(22)16(9-7-13(17)18,10-8-14(19)20)11-3-5-12(21)6-4-11/h3-8H,2,9-10H2,1H3;3-6,13-14H,2,7-10,21H2,1H3. The fourth-order valence-corrected chi connectivity index (χ4v) is 4.80. The second kappa shape index (κ2) is 20.0. The summed E-state index contributed by atoms with van der Waals surface area (Å²) in [4.78, 5) is 34.9. The van der Waals surface area contributed by atoms with Gasteiger partial charge in [-0.05, 0) is 74.9 Å². The third kappa shape index (κ3) is 12.6. The molecule has 0 unspecified atom stereocenters. The van der Waals surface area contributed by atoms with Crippen LogP contribution in [0.3, 0.4) is 0 Å². The lowest BCUT2D eigenvalue weighted by Crippen LogP contribution is -2.38. The zero-order valence-electron chi connectivity index (χ0n) is 26.1. The first-order valence-corrected chi connectivity index (χ1v) is 14.6. The first-order valence-electron chi connectivity index (χ1n) is 14.6. The van der Waals surface area contributed by atoms with Crippen LogP contribution in [0, 0.1) is 10.1 Å². The van der Waals surface area contributed by atoms with Crippen molar-refractivity contribution >= 4 is 23.3 Å². The first-order chi connectivity index (χ1) is 22.5. The molecule has 0 atom stereocenters. The number of esters is 2. The molecule has 0 saturated heterocycles. The zero-order chi connectivity index (χ0) is 36.5. The zero-order valence-corrected chi connectivity index (χ0v) is 26.1. The van der Waals surface area contributed by atoms with Crippen LogP contribution < -0.4 is 5.73 Å². The number of carbonyl (C=O) groups excluding carboxylic acids is 2. The average molecular weight is 697 g/mol. The number of nitrogens with zero attached hydrogens (tertiary/aromatic N) is 1. The summed E-state index contributed by atoms with van der Waals surface area (Å²) in [6.45, 7) is 3.01. The van der Waals surface area contributed by atoms with Gasteiger partial charge in [0, 0.05) is 30.7 Å². The highest BCUT2D eigenvalue weighted by atomic mass is 19.3. The van der Waals surface area contributed by atoms with E-state index in [9.17, 15) is 54.8 Å². The van der Waals surface area contributed by atoms with Gasteiger partial charge < -0.3 is 15.2 Å². The summed E-state index contributed by atoms with van der Waals surface area (Å²) in [6, 6.07) is 10.5. The third-order valence-corrected chi connectivity index (χ3v) is 7.21. The van der Waals surface area contributed by atoms with E-state index in [0.717, 1.165) is 12.1 Å². The quantitative estimate of drug-likeness (QED) is 0.0576. The van der Waals surface area contributed by atoms with Crippen LogP contribution in [0.5, 0.6) is 0 Å². The monoisotopic (exact) mass is 696 g/mol. The van der Waals surface area contributed by atoms with Gasteiger partial charge in [-0.1, -0.05) is 24.3 Å². The molecule has 266 valence electrons. The number of benzene rings is 2. The molecule has 48 heavy (non-hydrogen) atoms. The number of carbonyl (C=O) groups is 2. The van der Waals surface area contributed by atoms with E-state index in [-0.39, 0.29) is 37.3 Å². The van der Waals surface area contributed by atoms with Crippen molar-refractivity contribution in [3.63, 3.8) is 0 Å². The van der Waals surface area contributed by atoms with E-state index in [0.29, 0.717) is 23.4 Å². The maximum Gasteiger partial charge on any atom is 0.317 e. The Morgan fingerprint density at radius 2 is 1.12 bits per heavy atom. The van der Waals surface area contributed by atoms with Crippen molar-refractivity contribution in [2.75, 3.05) is 18.9 Å². The number of nitrogens with two attached hydrogens (primary N) is 1. The molecular weight excluding hydrogens is 660 g/mol. The number of ether oxygens (including phenoxy) is 2. The molecule has 0 fully saturated rings. The van der Waals surface area contributed by atoms with Gasteiger partial charge in [-0.2, -0.15) is 17.6 Å². The Hall–Kier alpha value is -4.50. The minimum absolute atomic E-state index is 0.0406. The molecule has 0 aliphatic carbocycles. The van der Waals surface area contributed by atoms with Crippen LogP contribution >= 0.6 is 0 Å². The van der Waals surface area contributed by atoms with Crippen LogP contribution in [-0.4, -0.2) is 42.9 Å². The lowest BCUT2D eigenvalue weighted by atomic mass is 9.73. The molecule has 2 rings (SSSR count). The molecule has 16 heteroatoms. The van der Waals surface area contributed by atoms with E-state index >= 15 is 0 Å². The number of non-ortho nitro benzene ring substituents is 1. The summed E-state index contributed by atoms with van der Waals surface area (Å²) < 4.78 is 111. The van der Waals surface area contributed by atoms with E-state index in [4.69, 9.17) is 15.2 Å². The van der Waals surface area contributed by atoms with Gasteiger partial charge in [0.1, 0.15) is 5.41 Å². The summed E-state index contributed by atoms with van der Waals surface area (Å²) in [6.07, 6.45) is -11.5. The maximum atomic E-state index is 12.7. The van der Waals surface area contributed by atoms with Crippen molar-refractivity contribution in [2.24, 2.45) is 0 Å². The Morgan fingerprint density at radius 1 is 0.750 bits per heavy atom. The highest BCUT2D eigenvalue weighted by molar-refractivity contribution is 5.84. The summed E-state index contributed by atoms with van der Waals surface area (Å²) in [5, 5.41) is 10.7. The minimum atomic E-state index is -2.64. The molecule has 2 aromatic carbocycles. The fourth-order valence-electron chi connectivity index (χ4n) is 4.80. The van der Waals surface area contributed by atoms with Crippen molar-refractivity contribution < 1.29 is 59.1 Å². The lowest BCUT2D eigenvalue weighted by molar-refractivity contribution is -0.384. The number of nitrogen functional groups attached to an aromatic ring is 1. The lowest BCUT2D eigenvalue weighted by Gasteiger charge is -2.32. The van der Waals surface area contributed by atoms with Gasteiger partial charge in [0.15, 0.2) is 0 Å². The highest BCUT2D eigenvalue weighted by Crippen LogP contribution is 2.39. The number of halogens is 8. The average Bonchev–Trinajstić information content (AvgIpc) is 3.02. The summed E-state index contributed by atoms with van der Waals surface area (Å²) in [7, 11) is 0. The first kappa shape index (κ1) is 41.5. The van der Waals surface area contributed by atoms with Gasteiger partial charge in [0.05, 0.1) is 23.6 Å². The number of alkyl halides is 4. The number of nitro groups is 1. The number of allylic oxidation sites excluding steroid dienone is 2. The van der Waals surface area contributed by atoms with Crippen LogP contribution in [0.4, 0.5) is 46.5 Å². The molecular formula is C32H36F8N2O6. The molecule has 0 aliphatic heterocycles. The predicted molar refractivity (Wildman–Crippen MR) is 161 cm³/mol. The molecule has 2 N–H and O–H groups in total. The molecule has 0 saturated carbocycles. The minimum Gasteiger partial charge on any atom is -0.465 e. The fraction of sp³-hybridized carbons (Fsp3) is 0.438. The normalized spacial score (nSPS) is 11.3. The number of hydrogen-bond donors (Lipinski definition) is 1. The highest BCUT2D eigenvalue weighted by Gasteiger charge is 2.43. The van der Waals surface area contributed by atoms with Crippen LogP contribution in [0.2, 0.25) is 0 Å². The molecule has 0 bridgehead atoms. The van der Waals surface area contributed by atoms with Gasteiger partial charge in [-0.25, -0.2) is 17.6 Å². The Balaban J connectivity index is 0.000000482. The molecule has 0 aromatic heterocycles. The number of rotatable bonds is 17. The van der Waals surface area contributed by atoms with Crippen molar-refractivity contribution in [2.45, 2.75) is 76.1 Å². The Morgan fingerprint density at radius 3 is 1.48 bits per heavy atom. The number of hydrogen-bond acceptors (Lipinski definition) is 7. The molecule has 2 aromatic rings. The van der Waals surface area contributed by atoms with Crippen LogP contribution in [0.1, 0.15) is 63.5 Å². The summed E-state index contributed by atoms with van der Waals surface area (Å²) in [5.41, 5.74) is 2.79. The molecule has 0 spiro atoms. The SMILES string of the molecule is CCOC(=O)C(CC=C(F)F)(CC=C(F)F)c1ccc([N+](=O)[O-])cc1.CCOC(=O)C(CCC(F)F)(CCC(F)F)c1ccc(N)cc1. The van der Waals surface area contributed by atoms with E-state index in [1.54, 1.807) is 6.92 Å². The molecule has 0 amide bonds. The largest absolute Gasteiger partial charge is 0.465 e. The van der Waals surface area contributed by atoms with Gasteiger partial charge in [-0.3, -0.25) is 19.7 Å². The Bertz CT molecular complexity index is 1350. The van der Waals surface area contributed by atoms with Crippen molar-refractivity contribution in [1.29, 1.82) is 0 Å². The molecule has 8 nitrogen and oxygen atoms in total. The van der Waals surface area contributed by atoms with Crippen molar-refractivity contribution in [3.8, 4) is 0 Å². The predicted octanol–water partition coefficient (Wildman–Crippen LogP) is 8.90. The number of nitro benzene ring substituents is 1. The van der Waals surface area contributed by atoms with E-state index in [1.165, 1.54) is 43.3 Å².